The lowest BCUT2D eigenvalue weighted by Crippen LogP contribution is -2.16. The second kappa shape index (κ2) is 7.20. The molecule has 1 N–H and O–H groups in total. The van der Waals surface area contributed by atoms with Crippen molar-refractivity contribution in [2.45, 2.75) is 24.0 Å². The molecule has 0 unspecified atom stereocenters. The molecule has 2 aromatic carbocycles. The van der Waals surface area contributed by atoms with Gasteiger partial charge >= 0.3 is 5.97 Å². The fourth-order valence-corrected chi connectivity index (χ4v) is 5.23. The van der Waals surface area contributed by atoms with Crippen LogP contribution in [0.4, 0.5) is 0 Å². The number of hydrogen-bond donors (Lipinski definition) is 1. The van der Waals surface area contributed by atoms with Gasteiger partial charge in [-0.3, -0.25) is 4.79 Å². The summed E-state index contributed by atoms with van der Waals surface area (Å²) in [5.41, 5.74) is 1.25. The van der Waals surface area contributed by atoms with E-state index in [2.05, 4.69) is 4.98 Å². The normalized spacial score (nSPS) is 16.8. The summed E-state index contributed by atoms with van der Waals surface area (Å²) in [6.45, 7) is 0. The molecule has 0 radical (unpaired) electrons. The minimum absolute atomic E-state index is 0.0423. The summed E-state index contributed by atoms with van der Waals surface area (Å²) in [5, 5.41) is 9.56. The van der Waals surface area contributed by atoms with Gasteiger partial charge in [-0.1, -0.05) is 11.6 Å². The van der Waals surface area contributed by atoms with E-state index in [0.29, 0.717) is 14.2 Å². The third kappa shape index (κ3) is 3.39. The van der Waals surface area contributed by atoms with Gasteiger partial charge in [0.25, 0.3) is 10.0 Å². The zero-order valence-corrected chi connectivity index (χ0v) is 16.3. The minimum atomic E-state index is -4.57. The van der Waals surface area contributed by atoms with Crippen LogP contribution in [-0.2, 0) is 21.2 Å². The summed E-state index contributed by atoms with van der Waals surface area (Å²) < 4.78 is 77.1. The van der Waals surface area contributed by atoms with Crippen LogP contribution < -0.4 is 0 Å². The van der Waals surface area contributed by atoms with Crippen LogP contribution in [0, 0.1) is 0 Å². The third-order valence-electron chi connectivity index (χ3n) is 3.92. The molecule has 6 nitrogen and oxygen atoms in total. The number of aliphatic carboxylic acids is 1. The molecule has 0 saturated carbocycles. The SMILES string of the molecule is [2H]C([2H])(C(=O)O)C([2H])([2H])C([2H])([2H])c1cc2cc(Cl)ccc2n1S(=O)(=O)c1ccc2ncsc2c1. The molecular weight excluding hydrogens is 420 g/mol. The lowest BCUT2D eigenvalue weighted by Gasteiger charge is -2.12. The Labute approximate surface area is 178 Å². The summed E-state index contributed by atoms with van der Waals surface area (Å²) in [7, 11) is -4.57. The quantitative estimate of drug-likeness (QED) is 0.475. The first kappa shape index (κ1) is 12.9. The number of carboxylic acid groups (broad SMARTS) is 1. The highest BCUT2D eigenvalue weighted by molar-refractivity contribution is 7.90. The van der Waals surface area contributed by atoms with Crippen molar-refractivity contribution in [1.82, 2.24) is 8.96 Å². The van der Waals surface area contributed by atoms with E-state index >= 15 is 0 Å². The molecule has 2 aromatic heterocycles. The van der Waals surface area contributed by atoms with Gasteiger partial charge in [-0.15, -0.1) is 11.3 Å². The number of carboxylic acids is 1. The summed E-state index contributed by atoms with van der Waals surface area (Å²) in [6, 6.07) is 9.13. The molecule has 0 saturated heterocycles. The van der Waals surface area contributed by atoms with Crippen LogP contribution in [-0.4, -0.2) is 28.5 Å². The molecule has 0 aliphatic rings. The molecule has 144 valence electrons. The smallest absolute Gasteiger partial charge is 0.303 e. The Kier molecular flexibility index (Phi) is 3.32. The largest absolute Gasteiger partial charge is 0.481 e. The predicted octanol–water partition coefficient (Wildman–Crippen LogP) is 4.55. The first-order valence-electron chi connectivity index (χ1n) is 10.8. The van der Waals surface area contributed by atoms with Crippen molar-refractivity contribution in [3.8, 4) is 0 Å². The fraction of sp³-hybridized carbons (Fsp3) is 0.158. The highest BCUT2D eigenvalue weighted by Gasteiger charge is 2.24. The molecule has 2 heterocycles. The van der Waals surface area contributed by atoms with Gasteiger partial charge in [0.2, 0.25) is 0 Å². The maximum absolute atomic E-state index is 13.8. The Morgan fingerprint density at radius 3 is 2.86 bits per heavy atom. The lowest BCUT2D eigenvalue weighted by atomic mass is 10.2. The molecule has 28 heavy (non-hydrogen) atoms. The van der Waals surface area contributed by atoms with Gasteiger partial charge in [-0.25, -0.2) is 17.4 Å². The number of hydrogen-bond acceptors (Lipinski definition) is 5. The highest BCUT2D eigenvalue weighted by atomic mass is 35.5. The van der Waals surface area contributed by atoms with Crippen LogP contribution in [0.2, 0.25) is 5.02 Å². The Bertz CT molecular complexity index is 1570. The molecule has 4 rings (SSSR count). The number of aromatic nitrogens is 2. The second-order valence-electron chi connectivity index (χ2n) is 5.66. The second-order valence-corrected chi connectivity index (χ2v) is 8.77. The minimum Gasteiger partial charge on any atom is -0.481 e. The Morgan fingerprint density at radius 1 is 1.25 bits per heavy atom. The van der Waals surface area contributed by atoms with Gasteiger partial charge in [0.15, 0.2) is 0 Å². The van der Waals surface area contributed by atoms with Crippen molar-refractivity contribution in [3.63, 3.8) is 0 Å². The van der Waals surface area contributed by atoms with Crippen LogP contribution in [0.1, 0.15) is 26.7 Å². The van der Waals surface area contributed by atoms with Crippen LogP contribution in [0.25, 0.3) is 21.1 Å². The molecule has 0 atom stereocenters. The topological polar surface area (TPSA) is 89.3 Å². The average Bonchev–Trinajstić information content (AvgIpc) is 3.37. The van der Waals surface area contributed by atoms with Crippen molar-refractivity contribution in [3.05, 3.63) is 58.7 Å². The van der Waals surface area contributed by atoms with Crippen molar-refractivity contribution < 1.29 is 26.5 Å². The van der Waals surface area contributed by atoms with Gasteiger partial charge in [0, 0.05) is 30.7 Å². The lowest BCUT2D eigenvalue weighted by molar-refractivity contribution is -0.137. The van der Waals surface area contributed by atoms with Crippen molar-refractivity contribution >= 4 is 60.0 Å². The van der Waals surface area contributed by atoms with E-state index in [0.717, 1.165) is 6.07 Å². The maximum atomic E-state index is 13.8. The number of aryl methyl sites for hydroxylation is 1. The maximum Gasteiger partial charge on any atom is 0.303 e. The van der Waals surface area contributed by atoms with Crippen LogP contribution >= 0.6 is 22.9 Å². The number of fused-ring (bicyclic) bond motifs is 2. The van der Waals surface area contributed by atoms with Gasteiger partial charge < -0.3 is 5.11 Å². The summed E-state index contributed by atoms with van der Waals surface area (Å²) in [4.78, 5) is 15.3. The molecule has 0 fully saturated rings. The van der Waals surface area contributed by atoms with Crippen LogP contribution in [0.15, 0.2) is 52.9 Å². The number of thiazole rings is 1. The first-order chi connectivity index (χ1) is 15.6. The monoisotopic (exact) mass is 440 g/mol. The summed E-state index contributed by atoms with van der Waals surface area (Å²) in [5.74, 6) is -2.23. The molecule has 4 aromatic rings. The zero-order valence-electron chi connectivity index (χ0n) is 19.9. The summed E-state index contributed by atoms with van der Waals surface area (Å²) >= 11 is 7.20. The van der Waals surface area contributed by atoms with Crippen molar-refractivity contribution in [2.75, 3.05) is 0 Å². The highest BCUT2D eigenvalue weighted by Crippen LogP contribution is 2.30. The number of nitrogens with zero attached hydrogens (tertiary/aromatic N) is 2. The fourth-order valence-electron chi connectivity index (χ4n) is 2.76. The van der Waals surface area contributed by atoms with Crippen LogP contribution in [0.5, 0.6) is 0 Å². The number of benzene rings is 2. The molecule has 0 aliphatic heterocycles. The average molecular weight is 441 g/mol. The Balaban J connectivity index is 2.05. The number of halogens is 1. The molecule has 0 aliphatic carbocycles. The Hall–Kier alpha value is -2.42. The number of carbonyl (C=O) groups is 1. The molecule has 9 heteroatoms. The molecule has 0 amide bonds. The van der Waals surface area contributed by atoms with E-state index in [1.807, 2.05) is 0 Å². The van der Waals surface area contributed by atoms with Crippen molar-refractivity contribution in [2.24, 2.45) is 0 Å². The van der Waals surface area contributed by atoms with E-state index in [9.17, 15) is 18.3 Å². The van der Waals surface area contributed by atoms with Gasteiger partial charge in [-0.05, 0) is 55.2 Å². The zero-order chi connectivity index (χ0) is 25.3. The third-order valence-corrected chi connectivity index (χ3v) is 6.67. The first-order valence-corrected chi connectivity index (χ1v) is 10.5. The van der Waals surface area contributed by atoms with E-state index in [1.54, 1.807) is 0 Å². The predicted molar refractivity (Wildman–Crippen MR) is 110 cm³/mol. The molecule has 0 bridgehead atoms. The van der Waals surface area contributed by atoms with Gasteiger partial charge in [0.1, 0.15) is 0 Å². The Morgan fingerprint density at radius 2 is 2.07 bits per heavy atom. The molecule has 0 spiro atoms. The van der Waals surface area contributed by atoms with Crippen LogP contribution in [0.3, 0.4) is 0 Å². The van der Waals surface area contributed by atoms with E-state index in [4.69, 9.17) is 19.8 Å². The van der Waals surface area contributed by atoms with Gasteiger partial charge in [0.05, 0.1) is 26.1 Å². The number of rotatable bonds is 6. The molecular formula is C19H15ClN2O4S2. The van der Waals surface area contributed by atoms with E-state index < -0.39 is 40.8 Å². The van der Waals surface area contributed by atoms with E-state index in [1.165, 1.54) is 53.2 Å². The van der Waals surface area contributed by atoms with Gasteiger partial charge in [-0.2, -0.15) is 0 Å². The standard InChI is InChI=1S/C19H15ClN2O4S2/c20-13-4-7-17-12(8-13)9-14(2-1-3-19(23)24)22(17)28(25,26)15-5-6-16-18(10-15)27-11-21-16/h4-11H,1-3H2,(H,23,24)/i1D2,2D2,3D2. The van der Waals surface area contributed by atoms with Crippen molar-refractivity contribution in [1.29, 1.82) is 0 Å². The van der Waals surface area contributed by atoms with E-state index in [-0.39, 0.29) is 20.8 Å². The summed E-state index contributed by atoms with van der Waals surface area (Å²) in [6.07, 6.45) is -10.8.